The Hall–Kier alpha value is -0.120. The van der Waals surface area contributed by atoms with Gasteiger partial charge in [0.1, 0.15) is 0 Å². The number of hydrogen-bond donors (Lipinski definition) is 1. The van der Waals surface area contributed by atoms with Crippen molar-refractivity contribution in [2.45, 2.75) is 95.9 Å². The predicted molar refractivity (Wildman–Crippen MR) is 73.5 cm³/mol. The van der Waals surface area contributed by atoms with Crippen molar-refractivity contribution in [3.63, 3.8) is 0 Å². The van der Waals surface area contributed by atoms with Crippen molar-refractivity contribution in [2.24, 2.45) is 0 Å². The van der Waals surface area contributed by atoms with Crippen molar-refractivity contribution < 1.29 is 9.80 Å². The first kappa shape index (κ1) is 14.3. The fourth-order valence-corrected chi connectivity index (χ4v) is 3.88. The maximum atomic E-state index is 12.4. The zero-order chi connectivity index (χ0) is 13.4. The van der Waals surface area contributed by atoms with Crippen LogP contribution in [0.15, 0.2) is 0 Å². The standard InChI is InChI=1S/C15H29NO2/c1-14(2)10-13(11-15(3,4)16(14)17)18-12-8-6-5-7-9-12/h12-13,16H,5-11H2,1-4H3. The molecule has 2 rings (SSSR count). The fourth-order valence-electron chi connectivity index (χ4n) is 3.88. The number of hydrogen-bond acceptors (Lipinski definition) is 2. The minimum absolute atomic E-state index is 0.221. The van der Waals surface area contributed by atoms with Gasteiger partial charge in [-0.15, -0.1) is 0 Å². The number of piperidine rings is 1. The molecule has 2 fully saturated rings. The second-order valence-corrected chi connectivity index (χ2v) is 7.52. The maximum Gasteiger partial charge on any atom is 0.0946 e. The van der Waals surface area contributed by atoms with Crippen LogP contribution in [-0.4, -0.2) is 23.3 Å². The average molecular weight is 255 g/mol. The Morgan fingerprint density at radius 1 is 0.889 bits per heavy atom. The van der Waals surface area contributed by atoms with E-state index in [0.717, 1.165) is 12.8 Å². The van der Waals surface area contributed by atoms with Gasteiger partial charge < -0.3 is 15.0 Å². The largest absolute Gasteiger partial charge is 0.634 e. The summed E-state index contributed by atoms with van der Waals surface area (Å²) in [6, 6.07) is 0. The quantitative estimate of drug-likeness (QED) is 0.769. The number of rotatable bonds is 2. The zero-order valence-electron chi connectivity index (χ0n) is 12.4. The third-order valence-electron chi connectivity index (χ3n) is 4.64. The van der Waals surface area contributed by atoms with Crippen LogP contribution in [0.4, 0.5) is 0 Å². The van der Waals surface area contributed by atoms with Gasteiger partial charge in [0, 0.05) is 12.8 Å². The number of quaternary nitrogens is 1. The van der Waals surface area contributed by atoms with Crippen molar-refractivity contribution in [1.29, 1.82) is 0 Å². The van der Waals surface area contributed by atoms with Crippen molar-refractivity contribution >= 4 is 0 Å². The number of hydroxylamine groups is 2. The van der Waals surface area contributed by atoms with Crippen LogP contribution in [0.1, 0.15) is 72.6 Å². The Morgan fingerprint density at radius 3 is 1.89 bits per heavy atom. The molecule has 0 radical (unpaired) electrons. The average Bonchev–Trinajstić information content (AvgIpc) is 2.26. The molecule has 3 heteroatoms. The van der Waals surface area contributed by atoms with Crippen LogP contribution in [0, 0.1) is 5.21 Å². The molecule has 0 aromatic rings. The molecule has 0 aromatic carbocycles. The molecule has 0 spiro atoms. The van der Waals surface area contributed by atoms with Crippen molar-refractivity contribution in [2.75, 3.05) is 0 Å². The second-order valence-electron chi connectivity index (χ2n) is 7.52. The molecule has 1 N–H and O–H groups in total. The van der Waals surface area contributed by atoms with Crippen LogP contribution >= 0.6 is 0 Å². The lowest BCUT2D eigenvalue weighted by Crippen LogP contribution is -3.23. The molecule has 0 atom stereocenters. The fraction of sp³-hybridized carbons (Fsp3) is 1.00. The molecular weight excluding hydrogens is 226 g/mol. The van der Waals surface area contributed by atoms with Gasteiger partial charge >= 0.3 is 0 Å². The summed E-state index contributed by atoms with van der Waals surface area (Å²) < 4.78 is 6.30. The van der Waals surface area contributed by atoms with Gasteiger partial charge in [-0.2, -0.15) is 0 Å². The van der Waals surface area contributed by atoms with E-state index in [1.54, 1.807) is 0 Å². The molecule has 18 heavy (non-hydrogen) atoms. The van der Waals surface area contributed by atoms with Gasteiger partial charge in [0.25, 0.3) is 0 Å². The summed E-state index contributed by atoms with van der Waals surface area (Å²) in [6.07, 6.45) is 8.92. The Bertz CT molecular complexity index is 264. The van der Waals surface area contributed by atoms with E-state index in [1.165, 1.54) is 32.1 Å². The lowest BCUT2D eigenvalue weighted by atomic mass is 9.80. The van der Waals surface area contributed by atoms with Gasteiger partial charge in [-0.1, -0.05) is 19.3 Å². The summed E-state index contributed by atoms with van der Waals surface area (Å²) in [6.45, 7) is 8.31. The number of ether oxygens (including phenoxy) is 1. The number of nitrogens with one attached hydrogen (secondary N) is 1. The van der Waals surface area contributed by atoms with Gasteiger partial charge in [0.2, 0.25) is 0 Å². The SMILES string of the molecule is CC1(C)CC(OC2CCCCC2)CC(C)(C)[NH+]1[O-]. The molecule has 106 valence electrons. The maximum absolute atomic E-state index is 12.4. The van der Waals surface area contributed by atoms with Crippen molar-refractivity contribution in [1.82, 2.24) is 0 Å². The van der Waals surface area contributed by atoms with Gasteiger partial charge in [-0.3, -0.25) is 0 Å². The molecule has 0 aromatic heterocycles. The van der Waals surface area contributed by atoms with Gasteiger partial charge in [0.05, 0.1) is 23.3 Å². The summed E-state index contributed by atoms with van der Waals surface area (Å²) >= 11 is 0. The highest BCUT2D eigenvalue weighted by Crippen LogP contribution is 2.29. The molecule has 2 aliphatic rings. The van der Waals surface area contributed by atoms with E-state index in [2.05, 4.69) is 27.7 Å². The van der Waals surface area contributed by atoms with Crippen LogP contribution in [0.5, 0.6) is 0 Å². The molecule has 0 unspecified atom stereocenters. The zero-order valence-corrected chi connectivity index (χ0v) is 12.4. The van der Waals surface area contributed by atoms with Crippen LogP contribution in [0.25, 0.3) is 0 Å². The molecule has 1 heterocycles. The van der Waals surface area contributed by atoms with Crippen LogP contribution in [0.3, 0.4) is 0 Å². The Labute approximate surface area is 111 Å². The monoisotopic (exact) mass is 255 g/mol. The summed E-state index contributed by atoms with van der Waals surface area (Å²) in [4.78, 5) is 0. The molecule has 1 aliphatic heterocycles. The Balaban J connectivity index is 1.97. The summed E-state index contributed by atoms with van der Waals surface area (Å²) in [5.74, 6) is 0. The van der Waals surface area contributed by atoms with E-state index in [1.807, 2.05) is 0 Å². The molecule has 1 saturated heterocycles. The van der Waals surface area contributed by atoms with Crippen molar-refractivity contribution in [3.05, 3.63) is 5.21 Å². The molecule has 1 aliphatic carbocycles. The van der Waals surface area contributed by atoms with E-state index in [-0.39, 0.29) is 17.2 Å². The van der Waals surface area contributed by atoms with Crippen LogP contribution < -0.4 is 5.06 Å². The van der Waals surface area contributed by atoms with Crippen LogP contribution in [0.2, 0.25) is 0 Å². The van der Waals surface area contributed by atoms with Gasteiger partial charge in [0.15, 0.2) is 0 Å². The van der Waals surface area contributed by atoms with E-state index in [4.69, 9.17) is 4.74 Å². The summed E-state index contributed by atoms with van der Waals surface area (Å²) in [5.41, 5.74) is -0.442. The Morgan fingerprint density at radius 2 is 1.39 bits per heavy atom. The third kappa shape index (κ3) is 3.06. The first-order valence-electron chi connectivity index (χ1n) is 7.52. The van der Waals surface area contributed by atoms with E-state index in [0.29, 0.717) is 11.2 Å². The smallest absolute Gasteiger partial charge is 0.0946 e. The molecule has 0 amide bonds. The first-order chi connectivity index (χ1) is 8.31. The van der Waals surface area contributed by atoms with E-state index >= 15 is 0 Å². The minimum Gasteiger partial charge on any atom is -0.634 e. The molecule has 0 bridgehead atoms. The molecule has 1 saturated carbocycles. The molecular formula is C15H29NO2. The lowest BCUT2D eigenvalue weighted by Gasteiger charge is -2.54. The minimum atomic E-state index is -0.221. The second kappa shape index (κ2) is 5.10. The summed E-state index contributed by atoms with van der Waals surface area (Å²) in [7, 11) is 0. The highest BCUT2D eigenvalue weighted by atomic mass is 16.5. The van der Waals surface area contributed by atoms with Gasteiger partial charge in [-0.25, -0.2) is 0 Å². The first-order valence-corrected chi connectivity index (χ1v) is 7.52. The lowest BCUT2D eigenvalue weighted by molar-refractivity contribution is -0.956. The Kier molecular flexibility index (Phi) is 4.05. The predicted octanol–water partition coefficient (Wildman–Crippen LogP) is 2.44. The highest BCUT2D eigenvalue weighted by Gasteiger charge is 2.46. The molecule has 3 nitrogen and oxygen atoms in total. The van der Waals surface area contributed by atoms with Crippen LogP contribution in [-0.2, 0) is 4.74 Å². The van der Waals surface area contributed by atoms with Gasteiger partial charge in [-0.05, 0) is 40.5 Å². The van der Waals surface area contributed by atoms with E-state index < -0.39 is 0 Å². The van der Waals surface area contributed by atoms with E-state index in [9.17, 15) is 5.21 Å². The van der Waals surface area contributed by atoms with Crippen molar-refractivity contribution in [3.8, 4) is 0 Å². The topological polar surface area (TPSA) is 36.7 Å². The summed E-state index contributed by atoms with van der Waals surface area (Å²) in [5, 5.41) is 12.8. The normalized spacial score (nSPS) is 36.5. The highest BCUT2D eigenvalue weighted by molar-refractivity contribution is 4.88. The third-order valence-corrected chi connectivity index (χ3v) is 4.64.